The summed E-state index contributed by atoms with van der Waals surface area (Å²) in [5.74, 6) is -7.13. The van der Waals surface area contributed by atoms with E-state index in [4.69, 9.17) is 5.73 Å². The summed E-state index contributed by atoms with van der Waals surface area (Å²) in [5, 5.41) is 48.5. The largest absolute Gasteiger partial charge is 0.508 e. The molecule has 2 amide bonds. The Kier molecular flexibility index (Phi) is 8.83. The van der Waals surface area contributed by atoms with E-state index in [1.807, 2.05) is 0 Å². The molecule has 13 heteroatoms. The summed E-state index contributed by atoms with van der Waals surface area (Å²) in [5.41, 5.74) is 3.18. The highest BCUT2D eigenvalue weighted by Gasteiger charge is 2.64. The van der Waals surface area contributed by atoms with Crippen molar-refractivity contribution in [3.05, 3.63) is 39.7 Å². The van der Waals surface area contributed by atoms with E-state index in [0.29, 0.717) is 16.8 Å². The van der Waals surface area contributed by atoms with E-state index in [-0.39, 0.29) is 56.2 Å². The number of amides is 2. The molecule has 4 rings (SSSR count). The van der Waals surface area contributed by atoms with Gasteiger partial charge in [-0.05, 0) is 44.5 Å². The number of carbonyl (C=O) groups excluding carboxylic acids is 4. The number of primary amides is 1. The normalized spacial score (nSPS) is 25.0. The van der Waals surface area contributed by atoms with Crippen LogP contribution in [0.4, 0.5) is 5.69 Å². The lowest BCUT2D eigenvalue weighted by Crippen LogP contribution is -2.65. The smallest absolute Gasteiger partial charge is 0.255 e. The fourth-order valence-corrected chi connectivity index (χ4v) is 6.34. The lowest BCUT2D eigenvalue weighted by Gasteiger charge is -2.50. The monoisotopic (exact) mass is 587 g/mol. The molecule has 1 aromatic rings. The van der Waals surface area contributed by atoms with Crippen LogP contribution in [0.3, 0.4) is 0 Å². The molecule has 230 valence electrons. The maximum atomic E-state index is 14.0. The van der Waals surface area contributed by atoms with Crippen LogP contribution >= 0.6 is 0 Å². The van der Waals surface area contributed by atoms with Crippen LogP contribution in [0.5, 0.6) is 5.75 Å². The number of rotatable bonds is 7. The number of ketones is 2. The highest BCUT2D eigenvalue weighted by atomic mass is 16.3. The Labute approximate surface area is 244 Å². The number of aromatic hydroxyl groups is 1. The molecule has 1 aromatic carbocycles. The Morgan fingerprint density at radius 1 is 1.10 bits per heavy atom. The minimum absolute atomic E-state index is 0. The zero-order chi connectivity index (χ0) is 30.7. The molecule has 0 bridgehead atoms. The van der Waals surface area contributed by atoms with Crippen molar-refractivity contribution in [1.29, 1.82) is 0 Å². The predicted molar refractivity (Wildman–Crippen MR) is 156 cm³/mol. The second kappa shape index (κ2) is 11.4. The molecule has 7 N–H and O–H groups in total. The fourth-order valence-electron chi connectivity index (χ4n) is 6.34. The van der Waals surface area contributed by atoms with Crippen molar-refractivity contribution < 1.29 is 39.6 Å². The fraction of sp³-hybridized carbons (Fsp3) is 0.517. The van der Waals surface area contributed by atoms with Gasteiger partial charge in [-0.3, -0.25) is 24.1 Å². The van der Waals surface area contributed by atoms with Crippen LogP contribution in [-0.4, -0.2) is 114 Å². The van der Waals surface area contributed by atoms with Crippen molar-refractivity contribution in [3.63, 3.8) is 0 Å². The van der Waals surface area contributed by atoms with E-state index < -0.39 is 58.0 Å². The molecule has 0 heterocycles. The van der Waals surface area contributed by atoms with Crippen molar-refractivity contribution in [2.75, 3.05) is 53.7 Å². The van der Waals surface area contributed by atoms with Crippen LogP contribution in [0.2, 0.25) is 0 Å². The van der Waals surface area contributed by atoms with Crippen molar-refractivity contribution in [2.45, 2.75) is 38.5 Å². The van der Waals surface area contributed by atoms with E-state index >= 15 is 0 Å². The summed E-state index contributed by atoms with van der Waals surface area (Å²) >= 11 is 0. The maximum Gasteiger partial charge on any atom is 0.255 e. The number of anilines is 1. The van der Waals surface area contributed by atoms with Crippen molar-refractivity contribution in [1.82, 2.24) is 15.1 Å². The quantitative estimate of drug-likeness (QED) is 0.232. The Balaban J connectivity index is 0.00000484. The minimum Gasteiger partial charge on any atom is -0.508 e. The number of hydrogen-bond acceptors (Lipinski definition) is 11. The number of benzene rings is 1. The number of nitrogens with two attached hydrogens (primary N) is 1. The molecule has 0 saturated heterocycles. The molecule has 0 radical (unpaired) electrons. The summed E-state index contributed by atoms with van der Waals surface area (Å²) in [4.78, 5) is 56.1. The lowest BCUT2D eigenvalue weighted by atomic mass is 9.57. The molecule has 0 aromatic heterocycles. The average Bonchev–Trinajstić information content (AvgIpc) is 2.86. The van der Waals surface area contributed by atoms with Gasteiger partial charge in [0.2, 0.25) is 11.7 Å². The number of phenolic OH excluding ortho intramolecular Hbond substituents is 1. The molecule has 1 fully saturated rings. The summed E-state index contributed by atoms with van der Waals surface area (Å²) in [7, 11) is 9.92. The van der Waals surface area contributed by atoms with Gasteiger partial charge >= 0.3 is 0 Å². The number of nitrogens with one attached hydrogen (secondary N) is 1. The zero-order valence-electron chi connectivity index (χ0n) is 24.0. The topological polar surface area (TPSA) is 197 Å². The van der Waals surface area contributed by atoms with E-state index in [9.17, 15) is 39.6 Å². The number of aliphatic hydroxyl groups is 3. The number of aliphatic hydroxyl groups excluding tert-OH is 2. The molecule has 4 atom stereocenters. The first kappa shape index (κ1) is 32.6. The highest BCUT2D eigenvalue weighted by Crippen LogP contribution is 2.54. The molecular weight excluding hydrogens is 546 g/mol. The molecule has 0 aliphatic heterocycles. The van der Waals surface area contributed by atoms with E-state index in [0.717, 1.165) is 0 Å². The van der Waals surface area contributed by atoms with Crippen LogP contribution in [0.1, 0.15) is 30.5 Å². The van der Waals surface area contributed by atoms with E-state index in [1.165, 1.54) is 9.80 Å². The lowest BCUT2D eigenvalue weighted by molar-refractivity contribution is -0.153. The Hall–Kier alpha value is -3.94. The van der Waals surface area contributed by atoms with Gasteiger partial charge in [0.15, 0.2) is 11.4 Å². The first-order chi connectivity index (χ1) is 19.0. The molecule has 3 aliphatic rings. The number of hydrogen-bond donors (Lipinski definition) is 6. The van der Waals surface area contributed by atoms with Crippen molar-refractivity contribution in [2.24, 2.45) is 17.6 Å². The van der Waals surface area contributed by atoms with Crippen LogP contribution in [0, 0.1) is 11.8 Å². The van der Waals surface area contributed by atoms with Gasteiger partial charge in [-0.1, -0.05) is 7.43 Å². The van der Waals surface area contributed by atoms with Crippen LogP contribution in [0.15, 0.2) is 23.0 Å². The van der Waals surface area contributed by atoms with Crippen molar-refractivity contribution in [3.8, 4) is 5.75 Å². The molecule has 1 saturated carbocycles. The third-order valence-electron chi connectivity index (χ3n) is 8.35. The Morgan fingerprint density at radius 2 is 1.71 bits per heavy atom. The standard InChI is InChI=1S/C28H37N5O8.CH4/c1-31(2)16-9-13(10-30-11-17(34)32(3)4)22(35)19-14(16)7-12-8-15-21(33(5)6)24(37)20(27(29)40)26(39)28(15,41)25(38)18(12)23(19)36;/h9,12,15,21,30,35-36,39,41H,7-8,10-11H2,1-6H3,(H2,29,40);1H4/t12-,15-,21-,28-;/m0./s1. The summed E-state index contributed by atoms with van der Waals surface area (Å²) < 4.78 is 0. The third kappa shape index (κ3) is 4.80. The highest BCUT2D eigenvalue weighted by molar-refractivity contribution is 6.24. The van der Waals surface area contributed by atoms with Gasteiger partial charge in [0.05, 0.1) is 18.2 Å². The second-order valence-corrected chi connectivity index (χ2v) is 11.5. The number of phenols is 1. The molecule has 0 spiro atoms. The molecule has 13 nitrogen and oxygen atoms in total. The van der Waals surface area contributed by atoms with Gasteiger partial charge in [0.25, 0.3) is 5.91 Å². The van der Waals surface area contributed by atoms with Crippen molar-refractivity contribution >= 4 is 34.8 Å². The number of nitrogens with zero attached hydrogens (tertiary/aromatic N) is 3. The van der Waals surface area contributed by atoms with Crippen LogP contribution in [-0.2, 0) is 32.1 Å². The number of carbonyl (C=O) groups is 4. The van der Waals surface area contributed by atoms with Gasteiger partial charge in [-0.25, -0.2) is 0 Å². The van der Waals surface area contributed by atoms with Gasteiger partial charge in [0, 0.05) is 57.5 Å². The van der Waals surface area contributed by atoms with Gasteiger partial charge in [0.1, 0.15) is 22.8 Å². The predicted octanol–water partition coefficient (Wildman–Crippen LogP) is -0.156. The second-order valence-electron chi connectivity index (χ2n) is 11.5. The first-order valence-electron chi connectivity index (χ1n) is 13.2. The SMILES string of the molecule is C.CN(C)C(=O)CNCc1cc(N(C)C)c2c(c1O)C(O)=C1C(=O)[C@]3(O)C(O)=C(C(N)=O)C(=O)[C@@H](N(C)C)[C@@H]3C[C@@H]1C2. The zero-order valence-corrected chi connectivity index (χ0v) is 24.0. The van der Waals surface area contributed by atoms with E-state index in [1.54, 1.807) is 53.3 Å². The number of Topliss-reactive ketones (excluding diaryl/α,β-unsaturated/α-hetero) is 2. The molecule has 0 unspecified atom stereocenters. The molecule has 3 aliphatic carbocycles. The summed E-state index contributed by atoms with van der Waals surface area (Å²) in [6.45, 7) is 0.0755. The summed E-state index contributed by atoms with van der Waals surface area (Å²) in [6.07, 6.45) is 0.192. The summed E-state index contributed by atoms with van der Waals surface area (Å²) in [6, 6.07) is 0.591. The van der Waals surface area contributed by atoms with Gasteiger partial charge in [-0.2, -0.15) is 0 Å². The third-order valence-corrected chi connectivity index (χ3v) is 8.35. The first-order valence-corrected chi connectivity index (χ1v) is 13.2. The van der Waals surface area contributed by atoms with Crippen LogP contribution < -0.4 is 16.0 Å². The average molecular weight is 588 g/mol. The van der Waals surface area contributed by atoms with E-state index in [2.05, 4.69) is 5.32 Å². The molecular formula is C29H41N5O8. The number of fused-ring (bicyclic) bond motifs is 3. The minimum atomic E-state index is -2.70. The maximum absolute atomic E-state index is 14.0. The number of likely N-dealkylation sites (N-methyl/N-ethyl adjacent to an activating group) is 2. The van der Waals surface area contributed by atoms with Crippen LogP contribution in [0.25, 0.3) is 5.76 Å². The molecule has 42 heavy (non-hydrogen) atoms. The van der Waals surface area contributed by atoms with Gasteiger partial charge < -0.3 is 41.3 Å². The van der Waals surface area contributed by atoms with Gasteiger partial charge in [-0.15, -0.1) is 0 Å². The Morgan fingerprint density at radius 3 is 2.24 bits per heavy atom. The Bertz CT molecular complexity index is 1410.